The molecule has 0 saturated heterocycles. The second kappa shape index (κ2) is 7.09. The molecule has 0 unspecified atom stereocenters. The topological polar surface area (TPSA) is 105 Å². The molecule has 112 valence electrons. The normalized spacial score (nSPS) is 12.0. The molecule has 1 amide bonds. The zero-order chi connectivity index (χ0) is 15.9. The van der Waals surface area contributed by atoms with Gasteiger partial charge in [0.25, 0.3) is 11.6 Å². The minimum absolute atomic E-state index is 0.0271. The number of nitrogens with zero attached hydrogens (tertiary/aromatic N) is 2. The Morgan fingerprint density at radius 3 is 2.41 bits per heavy atom. The van der Waals surface area contributed by atoms with Crippen LogP contribution in [0.25, 0.3) is 0 Å². The molecule has 0 fully saturated rings. The highest BCUT2D eigenvalue weighted by Gasteiger charge is 2.15. The van der Waals surface area contributed by atoms with E-state index in [2.05, 4.69) is 10.5 Å². The predicted octanol–water partition coefficient (Wildman–Crippen LogP) is 1.78. The fourth-order valence-corrected chi connectivity index (χ4v) is 1.70. The van der Waals surface area contributed by atoms with Crippen LogP contribution in [0.2, 0.25) is 0 Å². The van der Waals surface area contributed by atoms with Crippen molar-refractivity contribution in [2.75, 3.05) is 0 Å². The van der Waals surface area contributed by atoms with Crippen LogP contribution in [0, 0.1) is 10.1 Å². The Bertz CT molecular complexity index is 684. The number of aliphatic hydroxyl groups is 1. The van der Waals surface area contributed by atoms with E-state index >= 15 is 0 Å². The van der Waals surface area contributed by atoms with Crippen molar-refractivity contribution in [2.24, 2.45) is 5.10 Å². The highest BCUT2D eigenvalue weighted by Crippen LogP contribution is 2.12. The number of amides is 1. The van der Waals surface area contributed by atoms with E-state index < -0.39 is 16.9 Å². The minimum Gasteiger partial charge on any atom is -0.378 e. The number of hydrazone groups is 1. The van der Waals surface area contributed by atoms with Crippen LogP contribution < -0.4 is 5.43 Å². The highest BCUT2D eigenvalue weighted by molar-refractivity contribution is 5.85. The average Bonchev–Trinajstić information content (AvgIpc) is 2.55. The van der Waals surface area contributed by atoms with Crippen LogP contribution in [0.3, 0.4) is 0 Å². The molecule has 2 aromatic carbocycles. The third kappa shape index (κ3) is 3.97. The maximum Gasteiger partial charge on any atom is 0.273 e. The number of carbonyl (C=O) groups is 1. The maximum atomic E-state index is 11.7. The second-order valence-corrected chi connectivity index (χ2v) is 4.40. The first-order chi connectivity index (χ1) is 10.6. The summed E-state index contributed by atoms with van der Waals surface area (Å²) in [7, 11) is 0. The molecule has 0 aliphatic carbocycles. The van der Waals surface area contributed by atoms with Gasteiger partial charge in [-0.3, -0.25) is 14.9 Å². The van der Waals surface area contributed by atoms with Crippen LogP contribution in [0.4, 0.5) is 5.69 Å². The lowest BCUT2D eigenvalue weighted by Gasteiger charge is -2.08. The van der Waals surface area contributed by atoms with Crippen molar-refractivity contribution in [2.45, 2.75) is 6.10 Å². The Kier molecular flexibility index (Phi) is 4.94. The first-order valence-corrected chi connectivity index (χ1v) is 6.38. The van der Waals surface area contributed by atoms with Crippen molar-refractivity contribution in [3.63, 3.8) is 0 Å². The van der Waals surface area contributed by atoms with Crippen molar-refractivity contribution in [3.8, 4) is 0 Å². The number of hydrogen-bond acceptors (Lipinski definition) is 5. The molecule has 0 heterocycles. The van der Waals surface area contributed by atoms with E-state index in [-0.39, 0.29) is 5.69 Å². The van der Waals surface area contributed by atoms with E-state index in [0.717, 1.165) is 0 Å². The molecule has 0 aromatic heterocycles. The summed E-state index contributed by atoms with van der Waals surface area (Å²) in [6, 6.07) is 14.1. The van der Waals surface area contributed by atoms with Gasteiger partial charge in [-0.1, -0.05) is 30.3 Å². The smallest absolute Gasteiger partial charge is 0.273 e. The molecule has 0 aliphatic heterocycles. The maximum absolute atomic E-state index is 11.7. The van der Waals surface area contributed by atoms with Gasteiger partial charge >= 0.3 is 0 Å². The van der Waals surface area contributed by atoms with E-state index in [1.165, 1.54) is 30.5 Å². The molecule has 2 N–H and O–H groups in total. The van der Waals surface area contributed by atoms with Gasteiger partial charge in [-0.05, 0) is 23.3 Å². The van der Waals surface area contributed by atoms with Gasteiger partial charge in [-0.15, -0.1) is 0 Å². The summed E-state index contributed by atoms with van der Waals surface area (Å²) in [6.07, 6.45) is 0.0227. The molecule has 0 radical (unpaired) electrons. The number of rotatable bonds is 5. The van der Waals surface area contributed by atoms with E-state index in [1.807, 2.05) is 0 Å². The van der Waals surface area contributed by atoms with Crippen molar-refractivity contribution in [3.05, 3.63) is 75.8 Å². The Hall–Kier alpha value is -3.06. The Morgan fingerprint density at radius 2 is 1.82 bits per heavy atom. The number of hydrogen-bond donors (Lipinski definition) is 2. The number of nitrogens with one attached hydrogen (secondary N) is 1. The van der Waals surface area contributed by atoms with Gasteiger partial charge in [-0.25, -0.2) is 5.43 Å². The number of benzene rings is 2. The second-order valence-electron chi connectivity index (χ2n) is 4.40. The summed E-state index contributed by atoms with van der Waals surface area (Å²) < 4.78 is 0. The Balaban J connectivity index is 1.94. The van der Waals surface area contributed by atoms with Crippen molar-refractivity contribution >= 4 is 17.8 Å². The van der Waals surface area contributed by atoms with Crippen LogP contribution in [0.1, 0.15) is 17.2 Å². The first kappa shape index (κ1) is 15.3. The summed E-state index contributed by atoms with van der Waals surface area (Å²) in [5.41, 5.74) is 3.23. The third-order valence-corrected chi connectivity index (χ3v) is 2.86. The largest absolute Gasteiger partial charge is 0.378 e. The van der Waals surface area contributed by atoms with Crippen molar-refractivity contribution in [1.82, 2.24) is 5.43 Å². The molecule has 1 atom stereocenters. The van der Waals surface area contributed by atoms with E-state index in [0.29, 0.717) is 11.1 Å². The Morgan fingerprint density at radius 1 is 1.18 bits per heavy atom. The SMILES string of the molecule is O=C(N/N=C\c1ccc([N+](=O)[O-])cc1)[C@H](O)c1ccccc1. The molecule has 0 spiro atoms. The number of carbonyl (C=O) groups excluding carboxylic acids is 1. The fraction of sp³-hybridized carbons (Fsp3) is 0.0667. The van der Waals surface area contributed by atoms with E-state index in [9.17, 15) is 20.0 Å². The molecular weight excluding hydrogens is 286 g/mol. The molecule has 0 bridgehead atoms. The predicted molar refractivity (Wildman–Crippen MR) is 80.2 cm³/mol. The van der Waals surface area contributed by atoms with Crippen LogP contribution in [0.15, 0.2) is 59.7 Å². The molecule has 7 heteroatoms. The van der Waals surface area contributed by atoms with Crippen LogP contribution >= 0.6 is 0 Å². The molecule has 22 heavy (non-hydrogen) atoms. The highest BCUT2D eigenvalue weighted by atomic mass is 16.6. The molecule has 2 rings (SSSR count). The summed E-state index contributed by atoms with van der Waals surface area (Å²) in [5, 5.41) is 24.0. The number of nitro benzene ring substituents is 1. The third-order valence-electron chi connectivity index (χ3n) is 2.86. The lowest BCUT2D eigenvalue weighted by Crippen LogP contribution is -2.25. The van der Waals surface area contributed by atoms with E-state index in [1.54, 1.807) is 30.3 Å². The van der Waals surface area contributed by atoms with Crippen molar-refractivity contribution in [1.29, 1.82) is 0 Å². The molecule has 2 aromatic rings. The average molecular weight is 299 g/mol. The van der Waals surface area contributed by atoms with Crippen molar-refractivity contribution < 1.29 is 14.8 Å². The standard InChI is InChI=1S/C15H13N3O4/c19-14(12-4-2-1-3-5-12)15(20)17-16-10-11-6-8-13(9-7-11)18(21)22/h1-10,14,19H,(H,17,20)/b16-10-/t14-/m1/s1. The van der Waals surface area contributed by atoms with Crippen LogP contribution in [0.5, 0.6) is 0 Å². The molecule has 0 saturated carbocycles. The lowest BCUT2D eigenvalue weighted by atomic mass is 10.1. The molecule has 7 nitrogen and oxygen atoms in total. The van der Waals surface area contributed by atoms with Crippen LogP contribution in [-0.2, 0) is 4.79 Å². The summed E-state index contributed by atoms with van der Waals surface area (Å²) in [4.78, 5) is 21.7. The van der Waals surface area contributed by atoms with Gasteiger partial charge in [0, 0.05) is 12.1 Å². The van der Waals surface area contributed by atoms with Gasteiger partial charge in [0.2, 0.25) is 0 Å². The number of nitro groups is 1. The minimum atomic E-state index is -1.31. The first-order valence-electron chi connectivity index (χ1n) is 6.38. The molecule has 0 aliphatic rings. The monoisotopic (exact) mass is 299 g/mol. The quantitative estimate of drug-likeness (QED) is 0.498. The van der Waals surface area contributed by atoms with Gasteiger partial charge in [-0.2, -0.15) is 5.10 Å². The fourth-order valence-electron chi connectivity index (χ4n) is 1.70. The van der Waals surface area contributed by atoms with Gasteiger partial charge in [0.05, 0.1) is 11.1 Å². The molecular formula is C15H13N3O4. The van der Waals surface area contributed by atoms with Crippen LogP contribution in [-0.4, -0.2) is 22.2 Å². The summed E-state index contributed by atoms with van der Waals surface area (Å²) in [5.74, 6) is -0.663. The zero-order valence-electron chi connectivity index (χ0n) is 11.4. The zero-order valence-corrected chi connectivity index (χ0v) is 11.4. The number of non-ortho nitro benzene ring substituents is 1. The lowest BCUT2D eigenvalue weighted by molar-refractivity contribution is -0.384. The van der Waals surface area contributed by atoms with Gasteiger partial charge in [0.15, 0.2) is 6.10 Å². The van der Waals surface area contributed by atoms with E-state index in [4.69, 9.17) is 0 Å². The van der Waals surface area contributed by atoms with Gasteiger partial charge < -0.3 is 5.11 Å². The summed E-state index contributed by atoms with van der Waals surface area (Å²) >= 11 is 0. The van der Waals surface area contributed by atoms with Gasteiger partial charge in [0.1, 0.15) is 0 Å². The Labute approximate surface area is 126 Å². The number of aliphatic hydroxyl groups excluding tert-OH is 1. The summed E-state index contributed by atoms with van der Waals surface area (Å²) in [6.45, 7) is 0.